The quantitative estimate of drug-likeness (QED) is 0.421. The first-order valence-corrected chi connectivity index (χ1v) is 7.72. The summed E-state index contributed by atoms with van der Waals surface area (Å²) in [6, 6.07) is 8.79. The van der Waals surface area contributed by atoms with Gasteiger partial charge in [-0.15, -0.1) is 0 Å². The first-order valence-electron chi connectivity index (χ1n) is 7.72. The number of amides is 1. The second-order valence-corrected chi connectivity index (χ2v) is 5.61. The Morgan fingerprint density at radius 3 is 2.85 bits per heavy atom. The maximum atomic E-state index is 12.5. The first kappa shape index (κ1) is 16.3. The summed E-state index contributed by atoms with van der Waals surface area (Å²) in [5.74, 6) is -1.13. The summed E-state index contributed by atoms with van der Waals surface area (Å²) in [6.45, 7) is 0. The standard InChI is InChI=1S/C17H11N5O5/c23-16(19-11-2-4-15-12(8-11)20-17(24)27-15)10-1-3-13(14(7-10)22(25)26)21-6-5-18-9-21/h1-9H,(H,19,23)(H,20,24). The Hall–Kier alpha value is -4.21. The summed E-state index contributed by atoms with van der Waals surface area (Å²) in [6.07, 6.45) is 4.51. The lowest BCUT2D eigenvalue weighted by molar-refractivity contribution is -0.384. The van der Waals surface area contributed by atoms with Crippen LogP contribution in [0, 0.1) is 10.1 Å². The number of carbonyl (C=O) groups excluding carboxylic acids is 1. The smallest absolute Gasteiger partial charge is 0.408 e. The number of hydrogen-bond acceptors (Lipinski definition) is 6. The molecule has 0 unspecified atom stereocenters. The number of carbonyl (C=O) groups is 1. The van der Waals surface area contributed by atoms with Gasteiger partial charge in [0.1, 0.15) is 5.69 Å². The Kier molecular flexibility index (Phi) is 3.77. The van der Waals surface area contributed by atoms with E-state index in [1.807, 2.05) is 0 Å². The summed E-state index contributed by atoms with van der Waals surface area (Å²) in [4.78, 5) is 40.9. The molecule has 0 aliphatic heterocycles. The summed E-state index contributed by atoms with van der Waals surface area (Å²) >= 11 is 0. The number of fused-ring (bicyclic) bond motifs is 1. The Morgan fingerprint density at radius 2 is 2.11 bits per heavy atom. The van der Waals surface area contributed by atoms with Crippen LogP contribution in [-0.4, -0.2) is 25.4 Å². The number of nitrogens with one attached hydrogen (secondary N) is 2. The summed E-state index contributed by atoms with van der Waals surface area (Å²) in [5.41, 5.74) is 1.39. The molecule has 0 aliphatic carbocycles. The minimum absolute atomic E-state index is 0.117. The first-order chi connectivity index (χ1) is 13.0. The van der Waals surface area contributed by atoms with Crippen LogP contribution in [0.15, 0.2) is 64.3 Å². The third-order valence-electron chi connectivity index (χ3n) is 3.89. The molecule has 10 heteroatoms. The van der Waals surface area contributed by atoms with Crippen LogP contribution in [0.3, 0.4) is 0 Å². The van der Waals surface area contributed by atoms with Crippen LogP contribution >= 0.6 is 0 Å². The molecule has 0 spiro atoms. The molecule has 2 N–H and O–H groups in total. The van der Waals surface area contributed by atoms with Gasteiger partial charge < -0.3 is 14.3 Å². The third kappa shape index (κ3) is 3.06. The molecular weight excluding hydrogens is 354 g/mol. The van der Waals surface area contributed by atoms with Gasteiger partial charge in [-0.3, -0.25) is 19.9 Å². The van der Waals surface area contributed by atoms with Gasteiger partial charge >= 0.3 is 5.76 Å². The number of H-pyrrole nitrogens is 1. The zero-order chi connectivity index (χ0) is 19.0. The lowest BCUT2D eigenvalue weighted by Crippen LogP contribution is -2.12. The molecule has 0 radical (unpaired) electrons. The highest BCUT2D eigenvalue weighted by atomic mass is 16.6. The third-order valence-corrected chi connectivity index (χ3v) is 3.89. The number of imidazole rings is 1. The van der Waals surface area contributed by atoms with Gasteiger partial charge in [0, 0.05) is 29.7 Å². The van der Waals surface area contributed by atoms with Gasteiger partial charge in [0.15, 0.2) is 5.58 Å². The van der Waals surface area contributed by atoms with Crippen molar-refractivity contribution in [1.82, 2.24) is 14.5 Å². The molecule has 10 nitrogen and oxygen atoms in total. The van der Waals surface area contributed by atoms with Gasteiger partial charge in [-0.05, 0) is 30.3 Å². The molecule has 0 bridgehead atoms. The SMILES string of the molecule is O=C(Nc1ccc2oc(=O)[nH]c2c1)c1ccc(-n2ccnc2)c([N+](=O)[O-])c1. The molecule has 4 aromatic rings. The molecule has 2 aromatic heterocycles. The highest BCUT2D eigenvalue weighted by molar-refractivity contribution is 6.05. The Bertz CT molecular complexity index is 1220. The van der Waals surface area contributed by atoms with Crippen LogP contribution < -0.4 is 11.1 Å². The largest absolute Gasteiger partial charge is 0.417 e. The maximum absolute atomic E-state index is 12.5. The van der Waals surface area contributed by atoms with Crippen molar-refractivity contribution in [2.24, 2.45) is 0 Å². The molecule has 2 heterocycles. The number of nitrogens with zero attached hydrogens (tertiary/aromatic N) is 3. The number of nitro benzene ring substituents is 1. The zero-order valence-electron chi connectivity index (χ0n) is 13.6. The van der Waals surface area contributed by atoms with Crippen LogP contribution in [-0.2, 0) is 0 Å². The molecule has 0 saturated heterocycles. The van der Waals surface area contributed by atoms with Crippen molar-refractivity contribution < 1.29 is 14.1 Å². The van der Waals surface area contributed by atoms with E-state index in [1.165, 1.54) is 47.4 Å². The number of aromatic amines is 1. The Morgan fingerprint density at radius 1 is 1.26 bits per heavy atom. The van der Waals surface area contributed by atoms with E-state index < -0.39 is 16.6 Å². The molecule has 4 rings (SSSR count). The molecule has 0 saturated carbocycles. The van der Waals surface area contributed by atoms with Crippen molar-refractivity contribution in [1.29, 1.82) is 0 Å². The van der Waals surface area contributed by atoms with Crippen LogP contribution in [0.2, 0.25) is 0 Å². The van der Waals surface area contributed by atoms with E-state index in [0.717, 1.165) is 0 Å². The topological polar surface area (TPSA) is 136 Å². The monoisotopic (exact) mass is 365 g/mol. The fourth-order valence-corrected chi connectivity index (χ4v) is 2.66. The van der Waals surface area contributed by atoms with Crippen molar-refractivity contribution in [2.75, 3.05) is 5.32 Å². The second-order valence-electron chi connectivity index (χ2n) is 5.61. The second kappa shape index (κ2) is 6.26. The number of oxazole rings is 1. The number of rotatable bonds is 4. The summed E-state index contributed by atoms with van der Waals surface area (Å²) in [5, 5.41) is 14.0. The Balaban J connectivity index is 1.65. The van der Waals surface area contributed by atoms with E-state index >= 15 is 0 Å². The van der Waals surface area contributed by atoms with E-state index in [0.29, 0.717) is 22.5 Å². The molecule has 0 atom stereocenters. The molecule has 27 heavy (non-hydrogen) atoms. The van der Waals surface area contributed by atoms with Crippen LogP contribution in [0.1, 0.15) is 10.4 Å². The summed E-state index contributed by atoms with van der Waals surface area (Å²) < 4.78 is 6.39. The highest BCUT2D eigenvalue weighted by Gasteiger charge is 2.19. The van der Waals surface area contributed by atoms with Gasteiger partial charge in [-0.2, -0.15) is 0 Å². The van der Waals surface area contributed by atoms with Crippen LogP contribution in [0.5, 0.6) is 0 Å². The molecule has 0 fully saturated rings. The summed E-state index contributed by atoms with van der Waals surface area (Å²) in [7, 11) is 0. The average molecular weight is 365 g/mol. The molecule has 0 aliphatic rings. The van der Waals surface area contributed by atoms with E-state index in [2.05, 4.69) is 15.3 Å². The van der Waals surface area contributed by atoms with Crippen LogP contribution in [0.4, 0.5) is 11.4 Å². The van der Waals surface area contributed by atoms with Crippen molar-refractivity contribution >= 4 is 28.4 Å². The van der Waals surface area contributed by atoms with Gasteiger partial charge in [0.2, 0.25) is 0 Å². The van der Waals surface area contributed by atoms with Crippen molar-refractivity contribution in [3.05, 3.63) is 81.3 Å². The highest BCUT2D eigenvalue weighted by Crippen LogP contribution is 2.25. The maximum Gasteiger partial charge on any atom is 0.417 e. The molecule has 1 amide bonds. The number of hydrogen-bond donors (Lipinski definition) is 2. The van der Waals surface area contributed by atoms with Gasteiger partial charge in [-0.25, -0.2) is 9.78 Å². The molecular formula is C17H11N5O5. The number of nitro groups is 1. The predicted molar refractivity (Wildman–Crippen MR) is 95.0 cm³/mol. The van der Waals surface area contributed by atoms with E-state index in [9.17, 15) is 19.7 Å². The van der Waals surface area contributed by atoms with Gasteiger partial charge in [-0.1, -0.05) is 0 Å². The van der Waals surface area contributed by atoms with Crippen molar-refractivity contribution in [3.63, 3.8) is 0 Å². The normalized spacial score (nSPS) is 10.8. The number of benzene rings is 2. The van der Waals surface area contributed by atoms with E-state index in [4.69, 9.17) is 4.42 Å². The Labute approximate surface area is 150 Å². The fraction of sp³-hybridized carbons (Fsp3) is 0. The van der Waals surface area contributed by atoms with Gasteiger partial charge in [0.05, 0.1) is 16.8 Å². The predicted octanol–water partition coefficient (Wildman–Crippen LogP) is 2.47. The minimum Gasteiger partial charge on any atom is -0.408 e. The lowest BCUT2D eigenvalue weighted by atomic mass is 10.1. The van der Waals surface area contributed by atoms with Crippen LogP contribution in [0.25, 0.3) is 16.8 Å². The molecule has 134 valence electrons. The van der Waals surface area contributed by atoms with E-state index in [1.54, 1.807) is 12.3 Å². The van der Waals surface area contributed by atoms with Gasteiger partial charge in [0.25, 0.3) is 11.6 Å². The fourth-order valence-electron chi connectivity index (χ4n) is 2.66. The average Bonchev–Trinajstić information content (AvgIpc) is 3.29. The van der Waals surface area contributed by atoms with Crippen molar-refractivity contribution in [3.8, 4) is 5.69 Å². The van der Waals surface area contributed by atoms with E-state index in [-0.39, 0.29) is 11.3 Å². The lowest BCUT2D eigenvalue weighted by Gasteiger charge is -2.08. The number of anilines is 1. The molecule has 2 aromatic carbocycles. The minimum atomic E-state index is -0.598. The number of aromatic nitrogens is 3. The van der Waals surface area contributed by atoms with Crippen molar-refractivity contribution in [2.45, 2.75) is 0 Å². The zero-order valence-corrected chi connectivity index (χ0v) is 13.6.